The van der Waals surface area contributed by atoms with Crippen LogP contribution in [0.2, 0.25) is 0 Å². The van der Waals surface area contributed by atoms with Crippen molar-refractivity contribution < 1.29 is 9.47 Å². The lowest BCUT2D eigenvalue weighted by Gasteiger charge is -2.10. The van der Waals surface area contributed by atoms with Crippen LogP contribution in [0.3, 0.4) is 0 Å². The molecule has 0 spiro atoms. The molecular formula is C18H21N3O2. The zero-order chi connectivity index (χ0) is 16.4. The number of rotatable bonds is 5. The topological polar surface area (TPSA) is 61.8 Å². The zero-order valence-electron chi connectivity index (χ0n) is 13.7. The summed E-state index contributed by atoms with van der Waals surface area (Å²) in [4.78, 5) is 4.63. The van der Waals surface area contributed by atoms with Crippen molar-refractivity contribution in [2.45, 2.75) is 20.3 Å². The van der Waals surface area contributed by atoms with Crippen molar-refractivity contribution in [2.24, 2.45) is 0 Å². The molecule has 3 aromatic rings. The quantitative estimate of drug-likeness (QED) is 0.786. The van der Waals surface area contributed by atoms with Gasteiger partial charge in [-0.3, -0.25) is 4.40 Å². The summed E-state index contributed by atoms with van der Waals surface area (Å²) in [6, 6.07) is 9.93. The summed E-state index contributed by atoms with van der Waals surface area (Å²) in [5, 5.41) is 0. The first-order valence-electron chi connectivity index (χ1n) is 7.65. The summed E-state index contributed by atoms with van der Waals surface area (Å²) in [5.41, 5.74) is 10.2. The fraction of sp³-hybridized carbons (Fsp3) is 0.278. The number of aryl methyl sites for hydroxylation is 1. The molecule has 0 aliphatic heterocycles. The van der Waals surface area contributed by atoms with Crippen LogP contribution < -0.4 is 15.2 Å². The van der Waals surface area contributed by atoms with Crippen LogP contribution in [0.25, 0.3) is 5.65 Å². The molecule has 0 saturated heterocycles. The first-order valence-corrected chi connectivity index (χ1v) is 7.65. The van der Waals surface area contributed by atoms with Gasteiger partial charge in [-0.15, -0.1) is 0 Å². The third-order valence-electron chi connectivity index (χ3n) is 3.78. The molecule has 120 valence electrons. The van der Waals surface area contributed by atoms with Crippen molar-refractivity contribution in [3.8, 4) is 11.5 Å². The molecule has 2 N–H and O–H groups in total. The Labute approximate surface area is 135 Å². The summed E-state index contributed by atoms with van der Waals surface area (Å²) in [5.74, 6) is 2.15. The fourth-order valence-corrected chi connectivity index (χ4v) is 2.64. The zero-order valence-corrected chi connectivity index (χ0v) is 13.7. The number of fused-ring (bicyclic) bond motifs is 1. The molecule has 0 bridgehead atoms. The minimum atomic E-state index is 0.606. The maximum absolute atomic E-state index is 6.25. The molecule has 23 heavy (non-hydrogen) atoms. The number of aromatic nitrogens is 2. The molecule has 5 heteroatoms. The third kappa shape index (κ3) is 2.95. The Hall–Kier alpha value is -2.69. The van der Waals surface area contributed by atoms with Crippen LogP contribution >= 0.6 is 0 Å². The van der Waals surface area contributed by atoms with Gasteiger partial charge in [0, 0.05) is 12.6 Å². The molecule has 2 heterocycles. The average Bonchev–Trinajstić information content (AvgIpc) is 2.85. The average molecular weight is 311 g/mol. The number of nitrogens with zero attached hydrogens (tertiary/aromatic N) is 2. The summed E-state index contributed by atoms with van der Waals surface area (Å²) < 4.78 is 12.9. The number of pyridine rings is 1. The monoisotopic (exact) mass is 311 g/mol. The smallest absolute Gasteiger partial charge is 0.161 e. The summed E-state index contributed by atoms with van der Waals surface area (Å²) in [7, 11) is 1.64. The summed E-state index contributed by atoms with van der Waals surface area (Å²) in [6.07, 6.45) is 2.65. The first-order chi connectivity index (χ1) is 11.1. The van der Waals surface area contributed by atoms with E-state index in [-0.39, 0.29) is 0 Å². The molecule has 0 aliphatic carbocycles. The van der Waals surface area contributed by atoms with Crippen LogP contribution in [-0.2, 0) is 6.42 Å². The number of nitrogen functional groups attached to an aromatic ring is 1. The van der Waals surface area contributed by atoms with Gasteiger partial charge < -0.3 is 15.2 Å². The largest absolute Gasteiger partial charge is 0.493 e. The van der Waals surface area contributed by atoms with Crippen LogP contribution in [-0.4, -0.2) is 23.1 Å². The minimum Gasteiger partial charge on any atom is -0.493 e. The van der Waals surface area contributed by atoms with Crippen LogP contribution in [0.4, 0.5) is 5.82 Å². The Morgan fingerprint density at radius 3 is 2.74 bits per heavy atom. The molecule has 0 fully saturated rings. The molecule has 3 rings (SSSR count). The lowest BCUT2D eigenvalue weighted by Crippen LogP contribution is -1.99. The van der Waals surface area contributed by atoms with Gasteiger partial charge in [0.15, 0.2) is 11.5 Å². The molecule has 0 saturated carbocycles. The van der Waals surface area contributed by atoms with Gasteiger partial charge in [-0.2, -0.15) is 0 Å². The highest BCUT2D eigenvalue weighted by molar-refractivity contribution is 5.55. The van der Waals surface area contributed by atoms with Crippen molar-refractivity contribution in [3.63, 3.8) is 0 Å². The van der Waals surface area contributed by atoms with Crippen LogP contribution in [0.5, 0.6) is 11.5 Å². The molecule has 1 aromatic carbocycles. The predicted molar refractivity (Wildman–Crippen MR) is 91.3 cm³/mol. The molecule has 5 nitrogen and oxygen atoms in total. The summed E-state index contributed by atoms with van der Waals surface area (Å²) in [6.45, 7) is 4.59. The van der Waals surface area contributed by atoms with Gasteiger partial charge in [0.05, 0.1) is 19.4 Å². The number of nitrogens with two attached hydrogens (primary N) is 1. The minimum absolute atomic E-state index is 0.606. The second-order valence-corrected chi connectivity index (χ2v) is 5.47. The van der Waals surface area contributed by atoms with Gasteiger partial charge in [0.25, 0.3) is 0 Å². The van der Waals surface area contributed by atoms with E-state index in [0.29, 0.717) is 18.8 Å². The number of hydrogen-bond donors (Lipinski definition) is 1. The van der Waals surface area contributed by atoms with Gasteiger partial charge in [-0.1, -0.05) is 12.1 Å². The molecule has 0 radical (unpaired) electrons. The molecule has 0 aliphatic rings. The highest BCUT2D eigenvalue weighted by Crippen LogP contribution is 2.29. The van der Waals surface area contributed by atoms with E-state index in [0.717, 1.165) is 34.0 Å². The number of methoxy groups -OCH3 is 1. The van der Waals surface area contributed by atoms with Crippen molar-refractivity contribution in [1.82, 2.24) is 9.38 Å². The van der Waals surface area contributed by atoms with Crippen LogP contribution in [0.15, 0.2) is 36.5 Å². The standard InChI is InChI=1S/C18H21N3O2/c1-4-23-15-7-6-13(10-16(15)22-3)9-14-18(19)21-11-12(2)5-8-17(21)20-14/h5-8,10-11H,4,9,19H2,1-3H3. The molecular weight excluding hydrogens is 290 g/mol. The van der Waals surface area contributed by atoms with Gasteiger partial charge >= 0.3 is 0 Å². The Balaban J connectivity index is 1.94. The summed E-state index contributed by atoms with van der Waals surface area (Å²) >= 11 is 0. The van der Waals surface area contributed by atoms with Crippen LogP contribution in [0.1, 0.15) is 23.7 Å². The second kappa shape index (κ2) is 6.20. The van der Waals surface area contributed by atoms with Crippen LogP contribution in [0, 0.1) is 6.92 Å². The Morgan fingerprint density at radius 2 is 2.00 bits per heavy atom. The Bertz CT molecular complexity index is 840. The molecule has 0 atom stereocenters. The number of imidazole rings is 1. The van der Waals surface area contributed by atoms with E-state index in [9.17, 15) is 0 Å². The maximum atomic E-state index is 6.25. The number of benzene rings is 1. The predicted octanol–water partition coefficient (Wildman–Crippen LogP) is 3.22. The van der Waals surface area contributed by atoms with Crippen molar-refractivity contribution in [1.29, 1.82) is 0 Å². The highest BCUT2D eigenvalue weighted by atomic mass is 16.5. The van der Waals surface area contributed by atoms with Gasteiger partial charge in [-0.25, -0.2) is 4.98 Å². The first kappa shape index (κ1) is 15.2. The van der Waals surface area contributed by atoms with E-state index in [1.54, 1.807) is 7.11 Å². The van der Waals surface area contributed by atoms with Crippen molar-refractivity contribution >= 4 is 11.5 Å². The Morgan fingerprint density at radius 1 is 1.17 bits per heavy atom. The van der Waals surface area contributed by atoms with Gasteiger partial charge in [-0.05, 0) is 43.2 Å². The van der Waals surface area contributed by atoms with E-state index in [1.807, 2.05) is 54.8 Å². The van der Waals surface area contributed by atoms with E-state index in [1.165, 1.54) is 0 Å². The molecule has 0 amide bonds. The van der Waals surface area contributed by atoms with Gasteiger partial charge in [0.2, 0.25) is 0 Å². The SMILES string of the molecule is CCOc1ccc(Cc2nc3ccc(C)cn3c2N)cc1OC. The van der Waals surface area contributed by atoms with Crippen molar-refractivity contribution in [3.05, 3.63) is 53.3 Å². The normalized spacial score (nSPS) is 10.9. The van der Waals surface area contributed by atoms with E-state index < -0.39 is 0 Å². The van der Waals surface area contributed by atoms with E-state index in [4.69, 9.17) is 15.2 Å². The maximum Gasteiger partial charge on any atom is 0.161 e. The second-order valence-electron chi connectivity index (χ2n) is 5.47. The lowest BCUT2D eigenvalue weighted by atomic mass is 10.1. The van der Waals surface area contributed by atoms with Gasteiger partial charge in [0.1, 0.15) is 11.5 Å². The fourth-order valence-electron chi connectivity index (χ4n) is 2.64. The Kier molecular flexibility index (Phi) is 4.10. The molecule has 2 aromatic heterocycles. The lowest BCUT2D eigenvalue weighted by molar-refractivity contribution is 0.310. The number of ether oxygens (including phenoxy) is 2. The molecule has 0 unspecified atom stereocenters. The number of anilines is 1. The third-order valence-corrected chi connectivity index (χ3v) is 3.78. The number of hydrogen-bond acceptors (Lipinski definition) is 4. The van der Waals surface area contributed by atoms with E-state index >= 15 is 0 Å². The van der Waals surface area contributed by atoms with E-state index in [2.05, 4.69) is 4.98 Å². The highest BCUT2D eigenvalue weighted by Gasteiger charge is 2.12. The van der Waals surface area contributed by atoms with Crippen molar-refractivity contribution in [2.75, 3.05) is 19.5 Å².